The molecule has 1 fully saturated rings. The van der Waals surface area contributed by atoms with Crippen molar-refractivity contribution in [1.82, 2.24) is 9.62 Å². The Labute approximate surface area is 167 Å². The van der Waals surface area contributed by atoms with E-state index in [2.05, 4.69) is 4.72 Å². The highest BCUT2D eigenvalue weighted by Crippen LogP contribution is 2.32. The molecule has 0 unspecified atom stereocenters. The number of rotatable bonds is 5. The van der Waals surface area contributed by atoms with Gasteiger partial charge < -0.3 is 4.90 Å². The monoisotopic (exact) mass is 416 g/mol. The summed E-state index contributed by atoms with van der Waals surface area (Å²) in [5, 5.41) is 1.85. The van der Waals surface area contributed by atoms with Gasteiger partial charge >= 0.3 is 0 Å². The van der Waals surface area contributed by atoms with Crippen LogP contribution in [0.25, 0.3) is 0 Å². The number of nitrogens with zero attached hydrogens (tertiary/aromatic N) is 1. The third-order valence-corrected chi connectivity index (χ3v) is 7.33. The van der Waals surface area contributed by atoms with Crippen LogP contribution in [0.5, 0.6) is 0 Å². The summed E-state index contributed by atoms with van der Waals surface area (Å²) in [6.45, 7) is 1.22. The van der Waals surface area contributed by atoms with Crippen molar-refractivity contribution >= 4 is 32.9 Å². The Morgan fingerprint density at radius 2 is 1.61 bits per heavy atom. The Morgan fingerprint density at radius 3 is 2.25 bits per heavy atom. The van der Waals surface area contributed by atoms with Crippen molar-refractivity contribution < 1.29 is 18.0 Å². The van der Waals surface area contributed by atoms with E-state index in [4.69, 9.17) is 0 Å². The van der Waals surface area contributed by atoms with Crippen LogP contribution in [0.15, 0.2) is 52.4 Å². The first kappa shape index (κ1) is 19.0. The molecule has 8 heteroatoms. The number of benzene rings is 1. The van der Waals surface area contributed by atoms with Crippen molar-refractivity contribution in [1.29, 1.82) is 0 Å². The number of Topliss-reactive ketones (excluding diaryl/α,β-unsaturated/α-hetero) is 2. The number of allylic oxidation sites excluding steroid dienone is 2. The summed E-state index contributed by atoms with van der Waals surface area (Å²) in [5.74, 6) is -1.01. The Balaban J connectivity index is 1.80. The molecule has 2 heterocycles. The molecule has 28 heavy (non-hydrogen) atoms. The molecule has 146 valence electrons. The van der Waals surface area contributed by atoms with Gasteiger partial charge in [0.1, 0.15) is 5.70 Å². The van der Waals surface area contributed by atoms with E-state index in [0.29, 0.717) is 13.1 Å². The van der Waals surface area contributed by atoms with Crippen LogP contribution < -0.4 is 4.72 Å². The third kappa shape index (κ3) is 3.43. The largest absolute Gasteiger partial charge is 0.367 e. The predicted octanol–water partition coefficient (Wildman–Crippen LogP) is 2.94. The van der Waals surface area contributed by atoms with Gasteiger partial charge in [0.05, 0.1) is 0 Å². The van der Waals surface area contributed by atoms with Crippen LogP contribution in [-0.2, 0) is 16.6 Å². The average Bonchev–Trinajstić information content (AvgIpc) is 3.23. The molecule has 2 aromatic rings. The number of nitrogens with one attached hydrogen (secondary N) is 1. The van der Waals surface area contributed by atoms with Crippen LogP contribution in [0.3, 0.4) is 0 Å². The molecule has 1 aromatic carbocycles. The van der Waals surface area contributed by atoms with Crippen molar-refractivity contribution in [2.24, 2.45) is 0 Å². The molecule has 1 N–H and O–H groups in total. The van der Waals surface area contributed by atoms with E-state index in [9.17, 15) is 18.0 Å². The lowest BCUT2D eigenvalue weighted by Crippen LogP contribution is -2.41. The molecule has 1 aliphatic carbocycles. The van der Waals surface area contributed by atoms with Gasteiger partial charge in [-0.15, -0.1) is 11.3 Å². The lowest BCUT2D eigenvalue weighted by molar-refractivity contribution is 0.0939. The number of hydrogen-bond acceptors (Lipinski definition) is 6. The molecule has 1 aromatic heterocycles. The molecule has 0 bridgehead atoms. The zero-order chi connectivity index (χ0) is 19.7. The number of thiophene rings is 1. The second-order valence-corrected chi connectivity index (χ2v) is 9.57. The lowest BCUT2D eigenvalue weighted by Gasteiger charge is -2.33. The van der Waals surface area contributed by atoms with Gasteiger partial charge in [0.15, 0.2) is 4.91 Å². The highest BCUT2D eigenvalue weighted by molar-refractivity contribution is 7.94. The van der Waals surface area contributed by atoms with Gasteiger partial charge in [0.2, 0.25) is 21.6 Å². The van der Waals surface area contributed by atoms with E-state index < -0.39 is 26.5 Å². The number of carbonyl (C=O) groups is 2. The van der Waals surface area contributed by atoms with Crippen LogP contribution >= 0.6 is 11.3 Å². The maximum Gasteiger partial charge on any atom is 0.247 e. The summed E-state index contributed by atoms with van der Waals surface area (Å²) in [5.41, 5.74) is 0.428. The highest BCUT2D eigenvalue weighted by Gasteiger charge is 2.41. The standard InChI is InChI=1S/C20H20N2O4S2/c23-18-15-8-2-3-9-16(15)19(24)20(17(18)22-10-4-1-5-11-22)28(25,26)21-13-14-7-6-12-27-14/h2-3,6-9,12,21H,1,4-5,10-11,13H2. The maximum atomic E-state index is 13.2. The maximum absolute atomic E-state index is 13.2. The van der Waals surface area contributed by atoms with E-state index in [0.717, 1.165) is 24.1 Å². The molecule has 0 radical (unpaired) electrons. The van der Waals surface area contributed by atoms with Crippen molar-refractivity contribution in [2.45, 2.75) is 25.8 Å². The molecular weight excluding hydrogens is 396 g/mol. The molecular formula is C20H20N2O4S2. The second kappa shape index (κ2) is 7.62. The van der Waals surface area contributed by atoms with Crippen molar-refractivity contribution in [3.05, 3.63) is 68.4 Å². The lowest BCUT2D eigenvalue weighted by atomic mass is 9.91. The number of fused-ring (bicyclic) bond motifs is 1. The second-order valence-electron chi connectivity index (χ2n) is 6.83. The van der Waals surface area contributed by atoms with Gasteiger partial charge in [-0.05, 0) is 30.7 Å². The SMILES string of the molecule is O=C1C(N2CCCCC2)=C(S(=O)(=O)NCc2cccs2)C(=O)c2ccccc21. The first-order valence-electron chi connectivity index (χ1n) is 9.19. The molecule has 1 aliphatic heterocycles. The first-order valence-corrected chi connectivity index (χ1v) is 11.5. The number of sulfonamides is 1. The van der Waals surface area contributed by atoms with Crippen LogP contribution in [0.1, 0.15) is 44.9 Å². The van der Waals surface area contributed by atoms with Crippen LogP contribution in [0, 0.1) is 0 Å². The normalized spacial score (nSPS) is 17.8. The highest BCUT2D eigenvalue weighted by atomic mass is 32.2. The van der Waals surface area contributed by atoms with E-state index in [1.165, 1.54) is 17.4 Å². The van der Waals surface area contributed by atoms with E-state index in [-0.39, 0.29) is 23.4 Å². The summed E-state index contributed by atoms with van der Waals surface area (Å²) < 4.78 is 28.8. The van der Waals surface area contributed by atoms with Gasteiger partial charge in [-0.25, -0.2) is 13.1 Å². The van der Waals surface area contributed by atoms with Gasteiger partial charge in [0.25, 0.3) is 0 Å². The number of hydrogen-bond donors (Lipinski definition) is 1. The smallest absolute Gasteiger partial charge is 0.247 e. The van der Waals surface area contributed by atoms with Crippen molar-refractivity contribution in [2.75, 3.05) is 13.1 Å². The zero-order valence-corrected chi connectivity index (χ0v) is 16.8. The van der Waals surface area contributed by atoms with E-state index in [1.807, 2.05) is 17.5 Å². The quantitative estimate of drug-likeness (QED) is 0.810. The number of likely N-dealkylation sites (tertiary alicyclic amines) is 1. The summed E-state index contributed by atoms with van der Waals surface area (Å²) in [4.78, 5) is 28.6. The summed E-state index contributed by atoms with van der Waals surface area (Å²) in [6, 6.07) is 10.1. The number of ketones is 2. The Kier molecular flexibility index (Phi) is 5.18. The minimum atomic E-state index is -4.16. The molecule has 1 saturated heterocycles. The first-order chi connectivity index (χ1) is 13.5. The van der Waals surface area contributed by atoms with Crippen LogP contribution in [0.4, 0.5) is 0 Å². The molecule has 6 nitrogen and oxygen atoms in total. The van der Waals surface area contributed by atoms with Crippen LogP contribution in [-0.4, -0.2) is 38.0 Å². The average molecular weight is 417 g/mol. The summed E-state index contributed by atoms with van der Waals surface area (Å²) in [7, 11) is -4.16. The topological polar surface area (TPSA) is 83.6 Å². The van der Waals surface area contributed by atoms with Gasteiger partial charge in [-0.3, -0.25) is 9.59 Å². The molecule has 2 aliphatic rings. The summed E-state index contributed by atoms with van der Waals surface area (Å²) >= 11 is 1.42. The van der Waals surface area contributed by atoms with Gasteiger partial charge in [-0.1, -0.05) is 30.3 Å². The van der Waals surface area contributed by atoms with Crippen molar-refractivity contribution in [3.63, 3.8) is 0 Å². The molecule has 4 rings (SSSR count). The zero-order valence-electron chi connectivity index (χ0n) is 15.2. The van der Waals surface area contributed by atoms with Gasteiger partial charge in [0, 0.05) is 35.6 Å². The third-order valence-electron chi connectivity index (χ3n) is 5.01. The fourth-order valence-electron chi connectivity index (χ4n) is 3.65. The predicted molar refractivity (Wildman–Crippen MR) is 108 cm³/mol. The van der Waals surface area contributed by atoms with E-state index >= 15 is 0 Å². The Morgan fingerprint density at radius 1 is 0.929 bits per heavy atom. The Bertz CT molecular complexity index is 1050. The van der Waals surface area contributed by atoms with Crippen molar-refractivity contribution in [3.8, 4) is 0 Å². The fourth-order valence-corrected chi connectivity index (χ4v) is 5.70. The summed E-state index contributed by atoms with van der Waals surface area (Å²) in [6.07, 6.45) is 2.76. The van der Waals surface area contributed by atoms with E-state index in [1.54, 1.807) is 23.1 Å². The van der Waals surface area contributed by atoms with Gasteiger partial charge in [-0.2, -0.15) is 0 Å². The Hall–Kier alpha value is -2.29. The fraction of sp³-hybridized carbons (Fsp3) is 0.300. The molecule has 0 amide bonds. The van der Waals surface area contributed by atoms with Crippen LogP contribution in [0.2, 0.25) is 0 Å². The molecule has 0 saturated carbocycles. The molecule has 0 spiro atoms. The minimum Gasteiger partial charge on any atom is -0.367 e. The minimum absolute atomic E-state index is 0.0158. The number of piperidine rings is 1. The number of carbonyl (C=O) groups excluding carboxylic acids is 2. The molecule has 0 atom stereocenters.